The normalized spacial score (nSPS) is 29.1. The first-order chi connectivity index (χ1) is 9.83. The van der Waals surface area contributed by atoms with E-state index in [-0.39, 0.29) is 6.61 Å². The van der Waals surface area contributed by atoms with Crippen molar-refractivity contribution in [3.8, 4) is 0 Å². The Morgan fingerprint density at radius 2 is 2.00 bits per heavy atom. The molecule has 0 radical (unpaired) electrons. The molecule has 0 spiro atoms. The van der Waals surface area contributed by atoms with E-state index >= 15 is 0 Å². The number of hydrogen-bond acceptors (Lipinski definition) is 4. The van der Waals surface area contributed by atoms with Gasteiger partial charge in [-0.2, -0.15) is 0 Å². The first-order valence-electron chi connectivity index (χ1n) is 8.51. The molecule has 1 saturated heterocycles. The third-order valence-corrected chi connectivity index (χ3v) is 4.79. The third kappa shape index (κ3) is 4.99. The van der Waals surface area contributed by atoms with Gasteiger partial charge in [-0.1, -0.05) is 13.3 Å². The van der Waals surface area contributed by atoms with Crippen LogP contribution >= 0.6 is 0 Å². The van der Waals surface area contributed by atoms with Gasteiger partial charge in [0, 0.05) is 25.7 Å². The molecule has 0 aromatic rings. The van der Waals surface area contributed by atoms with Crippen LogP contribution < -0.4 is 5.32 Å². The second-order valence-corrected chi connectivity index (χ2v) is 6.35. The van der Waals surface area contributed by atoms with Gasteiger partial charge in [-0.3, -0.25) is 0 Å². The summed E-state index contributed by atoms with van der Waals surface area (Å²) in [4.78, 5) is 2.62. The summed E-state index contributed by atoms with van der Waals surface area (Å²) in [6.07, 6.45) is 8.00. The molecule has 1 heterocycles. The fraction of sp³-hybridized carbons (Fsp3) is 1.00. The predicted octanol–water partition coefficient (Wildman–Crippen LogP) is 1.63. The molecule has 1 aliphatic heterocycles. The molecular weight excluding hydrogens is 252 g/mol. The van der Waals surface area contributed by atoms with Crippen molar-refractivity contribution in [2.45, 2.75) is 57.6 Å². The number of aliphatic hydroxyl groups is 1. The lowest BCUT2D eigenvalue weighted by Gasteiger charge is -2.34. The monoisotopic (exact) mass is 284 g/mol. The Morgan fingerprint density at radius 1 is 1.20 bits per heavy atom. The lowest BCUT2D eigenvalue weighted by Crippen LogP contribution is -2.43. The Hall–Kier alpha value is -0.160. The fourth-order valence-corrected chi connectivity index (χ4v) is 3.66. The molecule has 0 amide bonds. The van der Waals surface area contributed by atoms with Crippen molar-refractivity contribution >= 4 is 0 Å². The van der Waals surface area contributed by atoms with E-state index < -0.39 is 0 Å². The molecule has 2 fully saturated rings. The van der Waals surface area contributed by atoms with E-state index in [1.807, 2.05) is 0 Å². The van der Waals surface area contributed by atoms with E-state index in [9.17, 15) is 0 Å². The number of aliphatic hydroxyl groups excluding tert-OH is 1. The van der Waals surface area contributed by atoms with Crippen LogP contribution in [0.5, 0.6) is 0 Å². The maximum atomic E-state index is 8.80. The summed E-state index contributed by atoms with van der Waals surface area (Å²) in [5, 5.41) is 12.5. The molecule has 0 aromatic heterocycles. The highest BCUT2D eigenvalue weighted by Gasteiger charge is 2.29. The first kappa shape index (κ1) is 16.2. The molecule has 20 heavy (non-hydrogen) atoms. The molecule has 4 nitrogen and oxygen atoms in total. The minimum atomic E-state index is 0.146. The van der Waals surface area contributed by atoms with Crippen molar-refractivity contribution < 1.29 is 9.84 Å². The quantitative estimate of drug-likeness (QED) is 0.711. The van der Waals surface area contributed by atoms with Crippen molar-refractivity contribution in [3.63, 3.8) is 0 Å². The third-order valence-electron chi connectivity index (χ3n) is 4.79. The van der Waals surface area contributed by atoms with Crippen molar-refractivity contribution in [3.05, 3.63) is 0 Å². The topological polar surface area (TPSA) is 44.7 Å². The summed E-state index contributed by atoms with van der Waals surface area (Å²) in [6, 6.07) is 0.748. The van der Waals surface area contributed by atoms with Gasteiger partial charge in [0.05, 0.1) is 19.3 Å². The van der Waals surface area contributed by atoms with Crippen LogP contribution in [-0.4, -0.2) is 61.5 Å². The second kappa shape index (κ2) is 8.98. The van der Waals surface area contributed by atoms with E-state index in [0.29, 0.717) is 12.7 Å². The number of hydrogen-bond donors (Lipinski definition) is 2. The Bertz CT molecular complexity index is 255. The molecular formula is C16H32N2O2. The SMILES string of the molecule is CCCNC1CCCC1CN1CCC(OCCO)CC1. The van der Waals surface area contributed by atoms with Gasteiger partial charge in [0.1, 0.15) is 0 Å². The van der Waals surface area contributed by atoms with Gasteiger partial charge in [-0.05, 0) is 44.6 Å². The van der Waals surface area contributed by atoms with Crippen LogP contribution in [0.3, 0.4) is 0 Å². The zero-order valence-corrected chi connectivity index (χ0v) is 13.0. The standard InChI is InChI=1S/C16H32N2O2/c1-2-8-17-16-5-3-4-14(16)13-18-9-6-15(7-10-18)20-12-11-19/h14-17,19H,2-13H2,1H3. The average molecular weight is 284 g/mol. The Kier molecular flexibility index (Phi) is 7.28. The molecule has 0 aromatic carbocycles. The zero-order valence-electron chi connectivity index (χ0n) is 13.0. The summed E-state index contributed by atoms with van der Waals surface area (Å²) >= 11 is 0. The van der Waals surface area contributed by atoms with E-state index in [0.717, 1.165) is 44.4 Å². The molecule has 2 atom stereocenters. The molecule has 118 valence electrons. The molecule has 2 N–H and O–H groups in total. The van der Waals surface area contributed by atoms with Crippen molar-refractivity contribution in [1.29, 1.82) is 0 Å². The van der Waals surface area contributed by atoms with Gasteiger partial charge in [0.2, 0.25) is 0 Å². The predicted molar refractivity (Wildman–Crippen MR) is 81.9 cm³/mol. The van der Waals surface area contributed by atoms with Gasteiger partial charge in [-0.25, -0.2) is 0 Å². The lowest BCUT2D eigenvalue weighted by molar-refractivity contribution is -0.0103. The summed E-state index contributed by atoms with van der Waals surface area (Å²) in [7, 11) is 0. The minimum absolute atomic E-state index is 0.146. The van der Waals surface area contributed by atoms with Crippen molar-refractivity contribution in [1.82, 2.24) is 10.2 Å². The van der Waals surface area contributed by atoms with Gasteiger partial charge in [0.25, 0.3) is 0 Å². The number of nitrogens with zero attached hydrogens (tertiary/aromatic N) is 1. The van der Waals surface area contributed by atoms with E-state index in [1.165, 1.54) is 32.2 Å². The van der Waals surface area contributed by atoms with E-state index in [4.69, 9.17) is 9.84 Å². The van der Waals surface area contributed by atoms with Crippen LogP contribution in [0.2, 0.25) is 0 Å². The van der Waals surface area contributed by atoms with Crippen LogP contribution in [0.15, 0.2) is 0 Å². The average Bonchev–Trinajstić information content (AvgIpc) is 2.91. The fourth-order valence-electron chi connectivity index (χ4n) is 3.66. The van der Waals surface area contributed by atoms with Crippen LogP contribution in [0.25, 0.3) is 0 Å². The second-order valence-electron chi connectivity index (χ2n) is 6.35. The van der Waals surface area contributed by atoms with Gasteiger partial charge in [-0.15, -0.1) is 0 Å². The molecule has 2 rings (SSSR count). The van der Waals surface area contributed by atoms with Gasteiger partial charge < -0.3 is 20.1 Å². The number of ether oxygens (including phenoxy) is 1. The molecule has 2 unspecified atom stereocenters. The Morgan fingerprint density at radius 3 is 2.70 bits per heavy atom. The highest BCUT2D eigenvalue weighted by Crippen LogP contribution is 2.27. The maximum Gasteiger partial charge on any atom is 0.0701 e. The van der Waals surface area contributed by atoms with Crippen LogP contribution in [0.1, 0.15) is 45.4 Å². The molecule has 1 saturated carbocycles. The first-order valence-corrected chi connectivity index (χ1v) is 8.51. The van der Waals surface area contributed by atoms with Crippen molar-refractivity contribution in [2.75, 3.05) is 39.4 Å². The summed E-state index contributed by atoms with van der Waals surface area (Å²) in [5.41, 5.74) is 0. The Balaban J connectivity index is 1.66. The zero-order chi connectivity index (χ0) is 14.2. The summed E-state index contributed by atoms with van der Waals surface area (Å²) in [6.45, 7) is 7.63. The van der Waals surface area contributed by atoms with Crippen molar-refractivity contribution in [2.24, 2.45) is 5.92 Å². The molecule has 0 bridgehead atoms. The molecule has 4 heteroatoms. The summed E-state index contributed by atoms with van der Waals surface area (Å²) in [5.74, 6) is 0.844. The van der Waals surface area contributed by atoms with E-state index in [1.54, 1.807) is 0 Å². The largest absolute Gasteiger partial charge is 0.394 e. The molecule has 1 aliphatic carbocycles. The van der Waals surface area contributed by atoms with Crippen LogP contribution in [0.4, 0.5) is 0 Å². The Labute approximate surface area is 123 Å². The maximum absolute atomic E-state index is 8.80. The minimum Gasteiger partial charge on any atom is -0.394 e. The van der Waals surface area contributed by atoms with Gasteiger partial charge in [0.15, 0.2) is 0 Å². The van der Waals surface area contributed by atoms with E-state index in [2.05, 4.69) is 17.1 Å². The van der Waals surface area contributed by atoms with Crippen LogP contribution in [0, 0.1) is 5.92 Å². The van der Waals surface area contributed by atoms with Crippen LogP contribution in [-0.2, 0) is 4.74 Å². The number of likely N-dealkylation sites (tertiary alicyclic amines) is 1. The summed E-state index contributed by atoms with van der Waals surface area (Å²) < 4.78 is 5.64. The highest BCUT2D eigenvalue weighted by molar-refractivity contribution is 4.86. The van der Waals surface area contributed by atoms with Gasteiger partial charge >= 0.3 is 0 Å². The smallest absolute Gasteiger partial charge is 0.0701 e. The number of nitrogens with one attached hydrogen (secondary N) is 1. The highest BCUT2D eigenvalue weighted by atomic mass is 16.5. The number of rotatable bonds is 8. The lowest BCUT2D eigenvalue weighted by atomic mass is 10.00. The number of piperidine rings is 1. The molecule has 2 aliphatic rings.